The Bertz CT molecular complexity index is 430. The summed E-state index contributed by atoms with van der Waals surface area (Å²) in [5.41, 5.74) is 0. The summed E-state index contributed by atoms with van der Waals surface area (Å²) < 4.78 is 7.49. The first-order chi connectivity index (χ1) is 8.54. The van der Waals surface area contributed by atoms with Crippen LogP contribution in [0.1, 0.15) is 33.5 Å². The van der Waals surface area contributed by atoms with Gasteiger partial charge in [-0.05, 0) is 26.7 Å². The molecule has 4 unspecified atom stereocenters. The van der Waals surface area contributed by atoms with Crippen molar-refractivity contribution in [3.63, 3.8) is 0 Å². The summed E-state index contributed by atoms with van der Waals surface area (Å²) in [6, 6.07) is 0. The molecule has 0 spiro atoms. The lowest BCUT2D eigenvalue weighted by Gasteiger charge is -2.16. The summed E-state index contributed by atoms with van der Waals surface area (Å²) in [4.78, 5) is 16.5. The van der Waals surface area contributed by atoms with Crippen LogP contribution >= 0.6 is 0 Å². The molecule has 0 amide bonds. The lowest BCUT2D eigenvalue weighted by atomic mass is 9.85. The largest absolute Gasteiger partial charge is 0.375 e. The lowest BCUT2D eigenvalue weighted by molar-refractivity contribution is -0.124. The van der Waals surface area contributed by atoms with Gasteiger partial charge >= 0.3 is 0 Å². The first-order valence-corrected chi connectivity index (χ1v) is 6.59. The first-order valence-electron chi connectivity index (χ1n) is 6.59. The van der Waals surface area contributed by atoms with Crippen LogP contribution < -0.4 is 0 Å². The van der Waals surface area contributed by atoms with Gasteiger partial charge in [0.1, 0.15) is 17.9 Å². The van der Waals surface area contributed by atoms with E-state index in [9.17, 15) is 4.79 Å². The molecule has 0 radical (unpaired) electrons. The second-order valence-corrected chi connectivity index (χ2v) is 5.07. The van der Waals surface area contributed by atoms with Gasteiger partial charge in [0.15, 0.2) is 0 Å². The highest BCUT2D eigenvalue weighted by molar-refractivity contribution is 5.83. The smallest absolute Gasteiger partial charge is 0.146 e. The average molecular weight is 251 g/mol. The molecule has 1 aromatic rings. The molecule has 0 aromatic carbocycles. The number of ether oxygens (including phenoxy) is 1. The van der Waals surface area contributed by atoms with Crippen molar-refractivity contribution in [1.29, 1.82) is 0 Å². The van der Waals surface area contributed by atoms with Crippen LogP contribution in [0.15, 0.2) is 6.33 Å². The Morgan fingerprint density at radius 3 is 2.67 bits per heavy atom. The van der Waals surface area contributed by atoms with Crippen LogP contribution in [0, 0.1) is 11.8 Å². The molecule has 5 nitrogen and oxygen atoms in total. The highest BCUT2D eigenvalue weighted by Gasteiger charge is 2.41. The number of Topliss-reactive ketones (excluding diaryl/α,β-unsaturated/α-hetero) is 1. The summed E-state index contributed by atoms with van der Waals surface area (Å²) in [6.07, 6.45) is 2.01. The van der Waals surface area contributed by atoms with E-state index in [4.69, 9.17) is 4.74 Å². The Morgan fingerprint density at radius 2 is 2.11 bits per heavy atom. The zero-order valence-corrected chi connectivity index (χ0v) is 11.5. The number of aromatic nitrogens is 3. The van der Waals surface area contributed by atoms with Crippen molar-refractivity contribution in [2.75, 3.05) is 0 Å². The Morgan fingerprint density at radius 1 is 1.39 bits per heavy atom. The van der Waals surface area contributed by atoms with Crippen LogP contribution in [0.3, 0.4) is 0 Å². The van der Waals surface area contributed by atoms with Crippen LogP contribution in [0.25, 0.3) is 0 Å². The first kappa shape index (κ1) is 13.2. The molecule has 2 heterocycles. The summed E-state index contributed by atoms with van der Waals surface area (Å²) in [7, 11) is 0. The molecule has 5 heteroatoms. The normalized spacial score (nSPS) is 31.8. The molecule has 0 N–H and O–H groups in total. The lowest BCUT2D eigenvalue weighted by Crippen LogP contribution is -2.29. The van der Waals surface area contributed by atoms with Crippen molar-refractivity contribution in [2.45, 2.75) is 52.9 Å². The summed E-state index contributed by atoms with van der Waals surface area (Å²) >= 11 is 0. The molecular formula is C13H21N3O2. The Labute approximate surface area is 108 Å². The third kappa shape index (κ3) is 2.32. The molecule has 1 saturated heterocycles. The van der Waals surface area contributed by atoms with E-state index in [1.807, 2.05) is 20.8 Å². The van der Waals surface area contributed by atoms with Crippen molar-refractivity contribution in [3.8, 4) is 0 Å². The average Bonchev–Trinajstić information content (AvgIpc) is 2.85. The van der Waals surface area contributed by atoms with E-state index in [0.29, 0.717) is 6.42 Å². The van der Waals surface area contributed by atoms with Gasteiger partial charge in [-0.1, -0.05) is 6.92 Å². The summed E-state index contributed by atoms with van der Waals surface area (Å²) in [5.74, 6) is 1.20. The van der Waals surface area contributed by atoms with Gasteiger partial charge in [-0.25, -0.2) is 9.67 Å². The van der Waals surface area contributed by atoms with E-state index < -0.39 is 0 Å². The molecule has 4 atom stereocenters. The second-order valence-electron chi connectivity index (χ2n) is 5.07. The fourth-order valence-electron chi connectivity index (χ4n) is 2.78. The predicted octanol–water partition coefficient (Wildman–Crippen LogP) is 1.47. The van der Waals surface area contributed by atoms with Crippen LogP contribution in [-0.4, -0.2) is 32.8 Å². The Balaban J connectivity index is 2.08. The summed E-state index contributed by atoms with van der Waals surface area (Å²) in [6.45, 7) is 8.83. The van der Waals surface area contributed by atoms with Crippen LogP contribution in [0.5, 0.6) is 0 Å². The van der Waals surface area contributed by atoms with Gasteiger partial charge in [-0.2, -0.15) is 5.10 Å². The maximum atomic E-state index is 12.4. The second kappa shape index (κ2) is 5.18. The molecule has 18 heavy (non-hydrogen) atoms. The molecule has 1 aliphatic heterocycles. The number of carbonyl (C=O) groups is 1. The SMILES string of the molecule is CCn1ncnc1CC(=O)C1C(C)OC(C)C1C. The van der Waals surface area contributed by atoms with Gasteiger partial charge in [0, 0.05) is 12.5 Å². The van der Waals surface area contributed by atoms with E-state index in [0.717, 1.165) is 12.4 Å². The van der Waals surface area contributed by atoms with Crippen molar-refractivity contribution < 1.29 is 9.53 Å². The molecule has 0 bridgehead atoms. The number of nitrogens with zero attached hydrogens (tertiary/aromatic N) is 3. The monoisotopic (exact) mass is 251 g/mol. The van der Waals surface area contributed by atoms with Crippen LogP contribution in [0.2, 0.25) is 0 Å². The number of ketones is 1. The molecule has 0 saturated carbocycles. The van der Waals surface area contributed by atoms with Gasteiger partial charge in [0.05, 0.1) is 18.6 Å². The van der Waals surface area contributed by atoms with Gasteiger partial charge < -0.3 is 4.74 Å². The molecule has 1 aliphatic rings. The molecular weight excluding hydrogens is 230 g/mol. The highest BCUT2D eigenvalue weighted by Crippen LogP contribution is 2.33. The fraction of sp³-hybridized carbons (Fsp3) is 0.769. The molecule has 100 valence electrons. The van der Waals surface area contributed by atoms with E-state index in [-0.39, 0.29) is 29.8 Å². The number of carbonyl (C=O) groups excluding carboxylic acids is 1. The van der Waals surface area contributed by atoms with Gasteiger partial charge in [0.25, 0.3) is 0 Å². The van der Waals surface area contributed by atoms with E-state index >= 15 is 0 Å². The standard InChI is InChI=1S/C13H21N3O2/c1-5-16-12(14-7-15-16)6-11(17)13-8(2)9(3)18-10(13)4/h7-10,13H,5-6H2,1-4H3. The highest BCUT2D eigenvalue weighted by atomic mass is 16.5. The third-order valence-corrected chi connectivity index (χ3v) is 3.94. The predicted molar refractivity (Wildman–Crippen MR) is 67.1 cm³/mol. The topological polar surface area (TPSA) is 57.0 Å². The maximum absolute atomic E-state index is 12.4. The maximum Gasteiger partial charge on any atom is 0.146 e. The molecule has 0 aliphatic carbocycles. The zero-order chi connectivity index (χ0) is 13.3. The number of rotatable bonds is 4. The number of hydrogen-bond acceptors (Lipinski definition) is 4. The Kier molecular flexibility index (Phi) is 3.80. The van der Waals surface area contributed by atoms with Crippen molar-refractivity contribution >= 4 is 5.78 Å². The third-order valence-electron chi connectivity index (χ3n) is 3.94. The van der Waals surface area contributed by atoms with E-state index in [2.05, 4.69) is 17.0 Å². The zero-order valence-electron chi connectivity index (χ0n) is 11.5. The quantitative estimate of drug-likeness (QED) is 0.813. The number of hydrogen-bond donors (Lipinski definition) is 0. The van der Waals surface area contributed by atoms with E-state index in [1.54, 1.807) is 4.68 Å². The van der Waals surface area contributed by atoms with Crippen molar-refractivity contribution in [3.05, 3.63) is 12.2 Å². The summed E-state index contributed by atoms with van der Waals surface area (Å²) in [5, 5.41) is 4.09. The van der Waals surface area contributed by atoms with Crippen LogP contribution in [-0.2, 0) is 22.5 Å². The molecule has 2 rings (SSSR count). The number of aryl methyl sites for hydroxylation is 1. The van der Waals surface area contributed by atoms with Gasteiger partial charge in [-0.15, -0.1) is 0 Å². The molecule has 1 aromatic heterocycles. The van der Waals surface area contributed by atoms with Gasteiger partial charge in [0.2, 0.25) is 0 Å². The van der Waals surface area contributed by atoms with Gasteiger partial charge in [-0.3, -0.25) is 4.79 Å². The Hall–Kier alpha value is -1.23. The van der Waals surface area contributed by atoms with Crippen molar-refractivity contribution in [1.82, 2.24) is 14.8 Å². The minimum atomic E-state index is -0.0259. The van der Waals surface area contributed by atoms with E-state index in [1.165, 1.54) is 6.33 Å². The van der Waals surface area contributed by atoms with Crippen LogP contribution in [0.4, 0.5) is 0 Å². The fourth-order valence-corrected chi connectivity index (χ4v) is 2.78. The minimum Gasteiger partial charge on any atom is -0.375 e. The molecule has 1 fully saturated rings. The van der Waals surface area contributed by atoms with Crippen molar-refractivity contribution in [2.24, 2.45) is 11.8 Å². The minimum absolute atomic E-state index is 0.000461.